The monoisotopic (exact) mass is 286 g/mol. The summed E-state index contributed by atoms with van der Waals surface area (Å²) in [5.41, 5.74) is 5.63. The zero-order chi connectivity index (χ0) is 14.2. The molecule has 3 N–H and O–H groups in total. The van der Waals surface area contributed by atoms with E-state index < -0.39 is 10.0 Å². The van der Waals surface area contributed by atoms with Crippen molar-refractivity contribution in [3.05, 3.63) is 6.33 Å². The van der Waals surface area contributed by atoms with Crippen LogP contribution < -0.4 is 10.5 Å². The molecule has 0 aromatic carbocycles. The molecule has 108 valence electrons. The third-order valence-corrected chi connectivity index (χ3v) is 5.73. The van der Waals surface area contributed by atoms with Crippen LogP contribution in [0.2, 0.25) is 0 Å². The summed E-state index contributed by atoms with van der Waals surface area (Å²) >= 11 is 0. The zero-order valence-corrected chi connectivity index (χ0v) is 12.4. The Kier molecular flexibility index (Phi) is 3.87. The van der Waals surface area contributed by atoms with Crippen molar-refractivity contribution in [2.75, 3.05) is 5.73 Å². The maximum absolute atomic E-state index is 12.3. The second-order valence-corrected chi connectivity index (χ2v) is 7.26. The molecule has 0 saturated heterocycles. The van der Waals surface area contributed by atoms with E-state index in [-0.39, 0.29) is 16.9 Å². The lowest BCUT2D eigenvalue weighted by molar-refractivity contribution is 0.241. The summed E-state index contributed by atoms with van der Waals surface area (Å²) in [5.74, 6) is 1.24. The van der Waals surface area contributed by atoms with Gasteiger partial charge in [-0.15, -0.1) is 0 Å². The van der Waals surface area contributed by atoms with Gasteiger partial charge in [0, 0.05) is 13.1 Å². The first-order chi connectivity index (χ1) is 8.81. The molecule has 1 aromatic rings. The van der Waals surface area contributed by atoms with Crippen LogP contribution in [0, 0.1) is 11.8 Å². The minimum absolute atomic E-state index is 0.00880. The van der Waals surface area contributed by atoms with Gasteiger partial charge in [-0.3, -0.25) is 0 Å². The van der Waals surface area contributed by atoms with Gasteiger partial charge in [-0.1, -0.05) is 13.8 Å². The van der Waals surface area contributed by atoms with Crippen LogP contribution in [-0.2, 0) is 17.1 Å². The van der Waals surface area contributed by atoms with Gasteiger partial charge in [-0.25, -0.2) is 18.1 Å². The molecule has 7 heteroatoms. The molecular weight excluding hydrogens is 264 g/mol. The number of hydrogen-bond donors (Lipinski definition) is 2. The molecule has 1 aromatic heterocycles. The number of aromatic nitrogens is 2. The fourth-order valence-electron chi connectivity index (χ4n) is 2.69. The van der Waals surface area contributed by atoms with E-state index in [1.54, 1.807) is 7.05 Å². The predicted molar refractivity (Wildman–Crippen MR) is 73.9 cm³/mol. The number of nitrogens with zero attached hydrogens (tertiary/aromatic N) is 2. The number of rotatable bonds is 3. The fourth-order valence-corrected chi connectivity index (χ4v) is 4.21. The number of aryl methyl sites for hydroxylation is 1. The minimum Gasteiger partial charge on any atom is -0.381 e. The van der Waals surface area contributed by atoms with Crippen LogP contribution in [0.15, 0.2) is 11.4 Å². The normalized spacial score (nSPS) is 28.5. The number of imidazole rings is 1. The summed E-state index contributed by atoms with van der Waals surface area (Å²) < 4.78 is 28.9. The highest BCUT2D eigenvalue weighted by Crippen LogP contribution is 2.30. The average molecular weight is 286 g/mol. The number of nitrogen functional groups attached to an aromatic ring is 1. The first-order valence-corrected chi connectivity index (χ1v) is 8.08. The third-order valence-electron chi connectivity index (χ3n) is 4.08. The predicted octanol–water partition coefficient (Wildman–Crippen LogP) is 1.11. The molecule has 2 rings (SSSR count). The smallest absolute Gasteiger partial charge is 0.260 e. The number of nitrogens with two attached hydrogens (primary N) is 1. The van der Waals surface area contributed by atoms with Crippen LogP contribution in [0.5, 0.6) is 0 Å². The highest BCUT2D eigenvalue weighted by molar-refractivity contribution is 7.89. The molecule has 3 atom stereocenters. The van der Waals surface area contributed by atoms with Crippen molar-refractivity contribution in [1.29, 1.82) is 0 Å². The van der Waals surface area contributed by atoms with Crippen LogP contribution in [0.4, 0.5) is 5.82 Å². The van der Waals surface area contributed by atoms with Crippen molar-refractivity contribution < 1.29 is 8.42 Å². The minimum atomic E-state index is -3.59. The van der Waals surface area contributed by atoms with E-state index in [0.717, 1.165) is 19.3 Å². The second kappa shape index (κ2) is 5.13. The fraction of sp³-hybridized carbons (Fsp3) is 0.750. The van der Waals surface area contributed by atoms with Crippen LogP contribution >= 0.6 is 0 Å². The lowest BCUT2D eigenvalue weighted by Crippen LogP contribution is -2.40. The van der Waals surface area contributed by atoms with E-state index in [1.807, 2.05) is 0 Å². The molecule has 6 nitrogen and oxygen atoms in total. The quantitative estimate of drug-likeness (QED) is 0.871. The molecule has 19 heavy (non-hydrogen) atoms. The molecule has 0 amide bonds. The van der Waals surface area contributed by atoms with Crippen molar-refractivity contribution in [3.8, 4) is 0 Å². The Morgan fingerprint density at radius 1 is 1.37 bits per heavy atom. The van der Waals surface area contributed by atoms with Crippen molar-refractivity contribution in [2.24, 2.45) is 18.9 Å². The second-order valence-electron chi connectivity index (χ2n) is 5.63. The van der Waals surface area contributed by atoms with Gasteiger partial charge in [0.25, 0.3) is 10.0 Å². The molecule has 0 spiro atoms. The van der Waals surface area contributed by atoms with E-state index in [9.17, 15) is 8.42 Å². The number of nitrogens with one attached hydrogen (secondary N) is 1. The van der Waals surface area contributed by atoms with Crippen LogP contribution in [0.3, 0.4) is 0 Å². The molecule has 1 aliphatic carbocycles. The maximum atomic E-state index is 12.3. The summed E-state index contributed by atoms with van der Waals surface area (Å²) in [6, 6.07) is -0.00880. The first-order valence-electron chi connectivity index (χ1n) is 6.60. The van der Waals surface area contributed by atoms with Gasteiger partial charge < -0.3 is 10.3 Å². The largest absolute Gasteiger partial charge is 0.381 e. The van der Waals surface area contributed by atoms with Crippen molar-refractivity contribution in [1.82, 2.24) is 14.3 Å². The van der Waals surface area contributed by atoms with Crippen LogP contribution in [-0.4, -0.2) is 24.0 Å². The highest BCUT2D eigenvalue weighted by Gasteiger charge is 2.30. The van der Waals surface area contributed by atoms with E-state index in [0.29, 0.717) is 11.8 Å². The number of hydrogen-bond acceptors (Lipinski definition) is 4. The first kappa shape index (κ1) is 14.3. The van der Waals surface area contributed by atoms with E-state index >= 15 is 0 Å². The van der Waals surface area contributed by atoms with Gasteiger partial charge in [0.15, 0.2) is 10.8 Å². The van der Waals surface area contributed by atoms with E-state index in [1.165, 1.54) is 10.9 Å². The van der Waals surface area contributed by atoms with Crippen LogP contribution in [0.1, 0.15) is 33.1 Å². The molecule has 1 fully saturated rings. The van der Waals surface area contributed by atoms with Gasteiger partial charge >= 0.3 is 0 Å². The Balaban J connectivity index is 2.15. The maximum Gasteiger partial charge on any atom is 0.260 e. The Morgan fingerprint density at radius 3 is 2.58 bits per heavy atom. The SMILES string of the molecule is CC1CCC(NS(=O)(=O)c2c(N)ncn2C)CC1C. The van der Waals surface area contributed by atoms with Gasteiger partial charge in [0.2, 0.25) is 0 Å². The van der Waals surface area contributed by atoms with Crippen molar-refractivity contribution in [3.63, 3.8) is 0 Å². The van der Waals surface area contributed by atoms with Gasteiger partial charge in [0.1, 0.15) is 0 Å². The molecule has 0 radical (unpaired) electrons. The van der Waals surface area contributed by atoms with Crippen molar-refractivity contribution in [2.45, 2.75) is 44.2 Å². The van der Waals surface area contributed by atoms with E-state index in [2.05, 4.69) is 23.6 Å². The molecule has 1 saturated carbocycles. The highest BCUT2D eigenvalue weighted by atomic mass is 32.2. The Bertz CT molecular complexity index is 533. The molecule has 1 aliphatic rings. The van der Waals surface area contributed by atoms with Crippen LogP contribution in [0.25, 0.3) is 0 Å². The Labute approximate surface area is 114 Å². The molecule has 0 bridgehead atoms. The summed E-state index contributed by atoms with van der Waals surface area (Å²) in [5, 5.41) is 0.0544. The van der Waals surface area contributed by atoms with Crippen molar-refractivity contribution >= 4 is 15.8 Å². The van der Waals surface area contributed by atoms with E-state index in [4.69, 9.17) is 5.73 Å². The summed E-state index contributed by atoms with van der Waals surface area (Å²) in [6.07, 6.45) is 4.21. The molecule has 0 aliphatic heterocycles. The molecule has 1 heterocycles. The Morgan fingerprint density at radius 2 is 2.05 bits per heavy atom. The summed E-state index contributed by atoms with van der Waals surface area (Å²) in [4.78, 5) is 3.82. The summed E-state index contributed by atoms with van der Waals surface area (Å²) in [7, 11) is -1.96. The van der Waals surface area contributed by atoms with Gasteiger partial charge in [0.05, 0.1) is 6.33 Å². The lowest BCUT2D eigenvalue weighted by atomic mass is 9.79. The zero-order valence-electron chi connectivity index (χ0n) is 11.6. The average Bonchev–Trinajstić information content (AvgIpc) is 2.64. The Hall–Kier alpha value is -1.08. The third kappa shape index (κ3) is 2.92. The lowest BCUT2D eigenvalue weighted by Gasteiger charge is -2.32. The molecular formula is C12H22N4O2S. The molecule has 3 unspecified atom stereocenters. The summed E-state index contributed by atoms with van der Waals surface area (Å²) in [6.45, 7) is 4.39. The standard InChI is InChI=1S/C12H22N4O2S/c1-8-4-5-10(6-9(8)2)15-19(17,18)12-11(13)14-7-16(12)3/h7-10,15H,4-6,13H2,1-3H3. The number of sulfonamides is 1. The topological polar surface area (TPSA) is 90.0 Å². The number of anilines is 1. The van der Waals surface area contributed by atoms with Gasteiger partial charge in [-0.2, -0.15) is 0 Å². The van der Waals surface area contributed by atoms with Gasteiger partial charge in [-0.05, 0) is 31.1 Å².